The lowest BCUT2D eigenvalue weighted by Gasteiger charge is -2.31. The number of thiazole rings is 1. The third-order valence-corrected chi connectivity index (χ3v) is 7.63. The maximum absolute atomic E-state index is 13.3. The van der Waals surface area contributed by atoms with E-state index in [1.54, 1.807) is 5.38 Å². The maximum atomic E-state index is 13.3. The Kier molecular flexibility index (Phi) is 8.39. The molecule has 0 N–H and O–H groups in total. The second-order valence-electron chi connectivity index (χ2n) is 7.02. The number of benzene rings is 1. The zero-order chi connectivity index (χ0) is 20.7. The zero-order valence-corrected chi connectivity index (χ0v) is 18.2. The molecule has 28 heavy (non-hydrogen) atoms. The van der Waals surface area contributed by atoms with Gasteiger partial charge < -0.3 is 4.74 Å². The molecule has 2 heterocycles. The van der Waals surface area contributed by atoms with Gasteiger partial charge in [0.05, 0.1) is 12.3 Å². The first-order valence-electron chi connectivity index (χ1n) is 9.33. The molecule has 152 valence electrons. The van der Waals surface area contributed by atoms with E-state index in [-0.39, 0.29) is 5.01 Å². The molecule has 0 amide bonds. The van der Waals surface area contributed by atoms with E-state index in [1.165, 1.54) is 5.56 Å². The Morgan fingerprint density at radius 2 is 2.00 bits per heavy atom. The van der Waals surface area contributed by atoms with Gasteiger partial charge in [-0.1, -0.05) is 24.3 Å². The van der Waals surface area contributed by atoms with Crippen molar-refractivity contribution >= 4 is 18.7 Å². The Balaban J connectivity index is 0.00000136. The van der Waals surface area contributed by atoms with Crippen molar-refractivity contribution in [3.63, 3.8) is 0 Å². The van der Waals surface area contributed by atoms with Crippen molar-refractivity contribution in [3.8, 4) is 17.4 Å². The lowest BCUT2D eigenvalue weighted by molar-refractivity contribution is 0.0173. The molecule has 0 saturated carbocycles. The number of hydrogen-bond acceptors (Lipinski definition) is 3. The fourth-order valence-electron chi connectivity index (χ4n) is 3.40. The first-order valence-corrected chi connectivity index (χ1v) is 12.1. The first-order chi connectivity index (χ1) is 13.3. The van der Waals surface area contributed by atoms with Crippen molar-refractivity contribution < 1.29 is 13.5 Å². The highest BCUT2D eigenvalue weighted by Gasteiger charge is 2.28. The van der Waals surface area contributed by atoms with Crippen LogP contribution in [0.25, 0.3) is 11.3 Å². The van der Waals surface area contributed by atoms with E-state index in [2.05, 4.69) is 36.9 Å². The van der Waals surface area contributed by atoms with Crippen LogP contribution in [0.3, 0.4) is 0 Å². The summed E-state index contributed by atoms with van der Waals surface area (Å²) in [4.78, 5) is 4.07. The smallest absolute Gasteiger partial charge is 0.296 e. The van der Waals surface area contributed by atoms with E-state index in [0.29, 0.717) is 17.3 Å². The molecule has 0 bridgehead atoms. The molecule has 1 fully saturated rings. The lowest BCUT2D eigenvalue weighted by atomic mass is 9.93. The van der Waals surface area contributed by atoms with E-state index in [4.69, 9.17) is 10.9 Å². The normalized spacial score (nSPS) is 20.2. The molecule has 0 spiro atoms. The molecule has 1 aliphatic heterocycles. The van der Waals surface area contributed by atoms with Crippen LogP contribution in [0, 0.1) is 12.0 Å². The molecule has 1 saturated heterocycles. The van der Waals surface area contributed by atoms with Crippen molar-refractivity contribution in [1.82, 2.24) is 4.98 Å². The lowest BCUT2D eigenvalue weighted by Crippen LogP contribution is -2.29. The summed E-state index contributed by atoms with van der Waals surface area (Å²) in [5, 5.41) is 1.55. The largest absolute Gasteiger partial charge is 0.381 e. The van der Waals surface area contributed by atoms with Crippen molar-refractivity contribution in [3.05, 3.63) is 53.4 Å². The third-order valence-electron chi connectivity index (χ3n) is 4.89. The van der Waals surface area contributed by atoms with Gasteiger partial charge in [-0.3, -0.25) is 0 Å². The van der Waals surface area contributed by atoms with Crippen LogP contribution in [0.15, 0.2) is 42.8 Å². The summed E-state index contributed by atoms with van der Waals surface area (Å²) in [7, 11) is -0.430. The molecular formula is C22H28F2NOPS. The fourth-order valence-corrected chi connectivity index (χ4v) is 5.58. The van der Waals surface area contributed by atoms with E-state index < -0.39 is 13.3 Å². The predicted molar refractivity (Wildman–Crippen MR) is 117 cm³/mol. The molecule has 3 atom stereocenters. The van der Waals surface area contributed by atoms with Crippen LogP contribution < -0.4 is 0 Å². The number of aromatic nitrogens is 1. The summed E-state index contributed by atoms with van der Waals surface area (Å²) in [6.45, 7) is 10.7. The van der Waals surface area contributed by atoms with Gasteiger partial charge in [0.25, 0.3) is 5.92 Å². The van der Waals surface area contributed by atoms with E-state index >= 15 is 0 Å². The minimum Gasteiger partial charge on any atom is -0.381 e. The molecule has 1 aromatic heterocycles. The standard InChI is InChI=1S/C20H24F2NOPS.C2H4/c1-20(21,22)19-23-17(13-26-19)15-7-4-14(5-8-15)6-9-16-12-24-11-10-18(16)25(2)3;1-2/h2,4-5,7-8,13,16,18H,6,9-12H2,1,3H3;1-2H2/t16-,18?;/m0./s1. The molecule has 1 aliphatic rings. The summed E-state index contributed by atoms with van der Waals surface area (Å²) in [5.41, 5.74) is 3.31. The van der Waals surface area contributed by atoms with Gasteiger partial charge >= 0.3 is 0 Å². The number of rotatable bonds is 5. The fraction of sp³-hybridized carbons (Fsp3) is 0.455. The molecular weight excluding hydrogens is 395 g/mol. The van der Waals surface area contributed by atoms with Gasteiger partial charge in [-0.25, -0.2) is 4.98 Å². The number of aryl methyl sites for hydroxylation is 1. The van der Waals surface area contributed by atoms with E-state index in [0.717, 1.165) is 56.3 Å². The Morgan fingerprint density at radius 1 is 1.32 bits per heavy atom. The van der Waals surface area contributed by atoms with Crippen molar-refractivity contribution in [2.24, 2.45) is 5.92 Å². The van der Waals surface area contributed by atoms with Gasteiger partial charge in [0.1, 0.15) is 0 Å². The average molecular weight is 424 g/mol. The molecule has 3 rings (SSSR count). The van der Waals surface area contributed by atoms with Crippen molar-refractivity contribution in [2.75, 3.05) is 19.9 Å². The second-order valence-corrected chi connectivity index (χ2v) is 9.87. The van der Waals surface area contributed by atoms with Gasteiger partial charge in [-0.2, -0.15) is 8.78 Å². The Labute approximate surface area is 171 Å². The summed E-state index contributed by atoms with van der Waals surface area (Å²) in [6.07, 6.45) is 9.30. The van der Waals surface area contributed by atoms with Crippen LogP contribution in [0.2, 0.25) is 0 Å². The minimum absolute atomic E-state index is 0.141. The van der Waals surface area contributed by atoms with Crippen molar-refractivity contribution in [1.29, 1.82) is 0 Å². The van der Waals surface area contributed by atoms with Crippen LogP contribution >= 0.6 is 18.7 Å². The Morgan fingerprint density at radius 3 is 2.57 bits per heavy atom. The van der Waals surface area contributed by atoms with Crippen LogP contribution in [0.5, 0.6) is 0 Å². The predicted octanol–water partition coefficient (Wildman–Crippen LogP) is 6.76. The number of nitrogens with zero attached hydrogens (tertiary/aromatic N) is 1. The monoisotopic (exact) mass is 423 g/mol. The highest BCUT2D eigenvalue weighted by atomic mass is 32.1. The number of hydrogen-bond donors (Lipinski definition) is 0. The SMILES string of the molecule is C#P(C)C1CCOC[C@@H]1CCc1ccc(-c2csc(C(C)(F)F)n2)cc1.C=C. The van der Waals surface area contributed by atoms with Crippen LogP contribution in [-0.2, 0) is 17.1 Å². The quantitative estimate of drug-likeness (QED) is 0.391. The molecule has 0 aliphatic carbocycles. The highest BCUT2D eigenvalue weighted by Crippen LogP contribution is 2.36. The van der Waals surface area contributed by atoms with Crippen LogP contribution in [0.1, 0.15) is 30.3 Å². The van der Waals surface area contributed by atoms with Crippen molar-refractivity contribution in [2.45, 2.75) is 37.8 Å². The number of alkyl halides is 2. The Bertz CT molecular complexity index is 820. The third kappa shape index (κ3) is 5.99. The molecule has 2 unspecified atom stereocenters. The molecule has 2 aromatic rings. The van der Waals surface area contributed by atoms with Crippen LogP contribution in [0.4, 0.5) is 8.78 Å². The summed E-state index contributed by atoms with van der Waals surface area (Å²) < 4.78 is 32.3. The van der Waals surface area contributed by atoms with Crippen LogP contribution in [-0.4, -0.2) is 30.5 Å². The maximum Gasteiger partial charge on any atom is 0.296 e. The zero-order valence-electron chi connectivity index (χ0n) is 16.5. The van der Waals surface area contributed by atoms with Gasteiger partial charge in [0.2, 0.25) is 0 Å². The molecule has 0 radical (unpaired) electrons. The average Bonchev–Trinajstić information content (AvgIpc) is 3.19. The summed E-state index contributed by atoms with van der Waals surface area (Å²) in [5.74, 6) is -2.36. The van der Waals surface area contributed by atoms with E-state index in [1.807, 2.05) is 12.1 Å². The van der Waals surface area contributed by atoms with Gasteiger partial charge in [0, 0.05) is 30.1 Å². The number of ether oxygens (including phenoxy) is 1. The number of halogens is 2. The first kappa shape index (κ1) is 22.8. The summed E-state index contributed by atoms with van der Waals surface area (Å²) in [6, 6.07) is 8.06. The summed E-state index contributed by atoms with van der Waals surface area (Å²) >= 11 is 1.00. The van der Waals surface area contributed by atoms with Gasteiger partial charge in [-0.15, -0.1) is 38.0 Å². The van der Waals surface area contributed by atoms with E-state index in [9.17, 15) is 8.78 Å². The molecule has 1 aromatic carbocycles. The second kappa shape index (κ2) is 10.3. The van der Waals surface area contributed by atoms with Gasteiger partial charge in [-0.05, 0) is 37.4 Å². The highest BCUT2D eigenvalue weighted by molar-refractivity contribution is 7.46. The molecule has 2 nitrogen and oxygen atoms in total. The topological polar surface area (TPSA) is 22.1 Å². The minimum atomic E-state index is -2.89. The van der Waals surface area contributed by atoms with Gasteiger partial charge in [0.15, 0.2) is 5.01 Å². The molecule has 6 heteroatoms. The Hall–Kier alpha value is -1.51.